The molecule has 0 radical (unpaired) electrons. The van der Waals surface area contributed by atoms with Crippen LogP contribution in [0.4, 0.5) is 4.39 Å². The van der Waals surface area contributed by atoms with E-state index in [1.54, 1.807) is 24.3 Å². The Morgan fingerprint density at radius 3 is 2.45 bits per heavy atom. The maximum atomic E-state index is 13.3. The number of halogens is 1. The Morgan fingerprint density at radius 1 is 0.909 bits per heavy atom. The maximum absolute atomic E-state index is 13.3. The van der Waals surface area contributed by atoms with Gasteiger partial charge in [-0.25, -0.2) is 14.8 Å². The van der Waals surface area contributed by atoms with Crippen LogP contribution in [0.2, 0.25) is 0 Å². The van der Waals surface area contributed by atoms with Crippen molar-refractivity contribution in [3.05, 3.63) is 108 Å². The van der Waals surface area contributed by atoms with Crippen LogP contribution < -0.4 is 5.43 Å². The number of hydrazone groups is 1. The summed E-state index contributed by atoms with van der Waals surface area (Å²) in [6.07, 6.45) is 1.43. The molecule has 0 atom stereocenters. The van der Waals surface area contributed by atoms with Crippen LogP contribution in [0.3, 0.4) is 0 Å². The summed E-state index contributed by atoms with van der Waals surface area (Å²) >= 11 is 0. The number of rotatable bonds is 4. The molecule has 1 aromatic heterocycles. The number of para-hydroxylation sites is 1. The average molecular weight is 435 g/mol. The first-order valence-corrected chi connectivity index (χ1v) is 10.3. The Morgan fingerprint density at radius 2 is 1.64 bits per heavy atom. The van der Waals surface area contributed by atoms with Crippen molar-refractivity contribution in [2.45, 2.75) is 0 Å². The third-order valence-corrected chi connectivity index (χ3v) is 5.41. The summed E-state index contributed by atoms with van der Waals surface area (Å²) in [5, 5.41) is 16.8. The molecule has 4 aromatic carbocycles. The van der Waals surface area contributed by atoms with Crippen LogP contribution in [-0.4, -0.2) is 22.2 Å². The number of fused-ring (bicyclic) bond motifs is 2. The van der Waals surface area contributed by atoms with Crippen molar-refractivity contribution in [1.29, 1.82) is 0 Å². The van der Waals surface area contributed by atoms with Crippen LogP contribution in [0.15, 0.2) is 96.1 Å². The molecule has 2 N–H and O–H groups in total. The third kappa shape index (κ3) is 4.02. The van der Waals surface area contributed by atoms with Crippen molar-refractivity contribution in [2.24, 2.45) is 5.10 Å². The summed E-state index contributed by atoms with van der Waals surface area (Å²) < 4.78 is 13.3. The summed E-state index contributed by atoms with van der Waals surface area (Å²) in [5.74, 6) is -0.698. The lowest BCUT2D eigenvalue weighted by molar-refractivity contribution is 0.0956. The molecular formula is C27H18FN3O2. The number of amides is 1. The van der Waals surface area contributed by atoms with E-state index in [1.165, 1.54) is 18.3 Å². The number of hydrogen-bond donors (Lipinski definition) is 2. The zero-order chi connectivity index (χ0) is 22.8. The SMILES string of the molecule is O=C(NN=Cc1c(O)ccc2ccccc12)c1cc(-c2ccc(F)cc2)nc2ccccc12. The lowest BCUT2D eigenvalue weighted by atomic mass is 10.0. The number of carbonyl (C=O) groups is 1. The van der Waals surface area contributed by atoms with E-state index in [-0.39, 0.29) is 11.6 Å². The fourth-order valence-electron chi connectivity index (χ4n) is 3.77. The number of nitrogens with one attached hydrogen (secondary N) is 1. The van der Waals surface area contributed by atoms with Crippen molar-refractivity contribution in [2.75, 3.05) is 0 Å². The number of nitrogens with zero attached hydrogens (tertiary/aromatic N) is 2. The van der Waals surface area contributed by atoms with E-state index in [0.29, 0.717) is 33.3 Å². The largest absolute Gasteiger partial charge is 0.507 e. The summed E-state index contributed by atoms with van der Waals surface area (Å²) in [6, 6.07) is 25.9. The van der Waals surface area contributed by atoms with E-state index in [1.807, 2.05) is 54.6 Å². The molecular weight excluding hydrogens is 417 g/mol. The Labute approximate surface area is 188 Å². The minimum Gasteiger partial charge on any atom is -0.507 e. The highest BCUT2D eigenvalue weighted by Crippen LogP contribution is 2.26. The van der Waals surface area contributed by atoms with Gasteiger partial charge >= 0.3 is 0 Å². The number of aromatic hydroxyl groups is 1. The third-order valence-electron chi connectivity index (χ3n) is 5.41. The van der Waals surface area contributed by atoms with Crippen molar-refractivity contribution >= 4 is 33.8 Å². The van der Waals surface area contributed by atoms with Gasteiger partial charge in [0.15, 0.2) is 0 Å². The lowest BCUT2D eigenvalue weighted by Gasteiger charge is -2.09. The van der Waals surface area contributed by atoms with E-state index < -0.39 is 5.91 Å². The maximum Gasteiger partial charge on any atom is 0.272 e. The molecule has 1 amide bonds. The van der Waals surface area contributed by atoms with Crippen LogP contribution >= 0.6 is 0 Å². The van der Waals surface area contributed by atoms with Gasteiger partial charge in [-0.3, -0.25) is 4.79 Å². The predicted molar refractivity (Wildman–Crippen MR) is 128 cm³/mol. The standard InChI is InChI=1S/C27H18FN3O2/c28-19-12-9-18(10-13-19)25-15-22(21-7-3-4-8-24(21)30-25)27(33)31-29-16-23-20-6-2-1-5-17(20)11-14-26(23)32/h1-16,32H,(H,31,33). The highest BCUT2D eigenvalue weighted by molar-refractivity contribution is 6.08. The molecule has 0 fully saturated rings. The van der Waals surface area contributed by atoms with Crippen LogP contribution in [0, 0.1) is 5.82 Å². The van der Waals surface area contributed by atoms with Crippen LogP contribution in [0.1, 0.15) is 15.9 Å². The fourth-order valence-corrected chi connectivity index (χ4v) is 3.77. The summed E-state index contributed by atoms with van der Waals surface area (Å²) in [6.45, 7) is 0. The summed E-state index contributed by atoms with van der Waals surface area (Å²) in [5.41, 5.74) is 5.34. The van der Waals surface area contributed by atoms with Crippen molar-refractivity contribution in [1.82, 2.24) is 10.4 Å². The van der Waals surface area contributed by atoms with E-state index in [9.17, 15) is 14.3 Å². The molecule has 5 nitrogen and oxygen atoms in total. The molecule has 0 aliphatic rings. The van der Waals surface area contributed by atoms with Gasteiger partial charge in [0.1, 0.15) is 11.6 Å². The van der Waals surface area contributed by atoms with Crippen molar-refractivity contribution < 1.29 is 14.3 Å². The van der Waals surface area contributed by atoms with Crippen molar-refractivity contribution in [3.63, 3.8) is 0 Å². The first-order valence-electron chi connectivity index (χ1n) is 10.3. The molecule has 0 aliphatic heterocycles. The number of benzene rings is 4. The quantitative estimate of drug-likeness (QED) is 0.282. The summed E-state index contributed by atoms with van der Waals surface area (Å²) in [7, 11) is 0. The number of hydrogen-bond acceptors (Lipinski definition) is 4. The Hall–Kier alpha value is -4.58. The number of aromatic nitrogens is 1. The van der Waals surface area contributed by atoms with Crippen molar-refractivity contribution in [3.8, 4) is 17.0 Å². The Balaban J connectivity index is 1.50. The number of phenolic OH excluding ortho intramolecular Hbond substituents is 1. The van der Waals surface area contributed by atoms with Gasteiger partial charge in [0.05, 0.1) is 23.0 Å². The highest BCUT2D eigenvalue weighted by Gasteiger charge is 2.14. The molecule has 0 aliphatic carbocycles. The van der Waals surface area contributed by atoms with Gasteiger partial charge < -0.3 is 5.11 Å². The van der Waals surface area contributed by atoms with Gasteiger partial charge in [0, 0.05) is 16.5 Å². The second-order valence-corrected chi connectivity index (χ2v) is 7.50. The smallest absolute Gasteiger partial charge is 0.272 e. The van der Waals surface area contributed by atoms with Gasteiger partial charge in [0.25, 0.3) is 5.91 Å². The predicted octanol–water partition coefficient (Wildman–Crippen LogP) is 5.66. The minimum absolute atomic E-state index is 0.0691. The molecule has 0 spiro atoms. The fraction of sp³-hybridized carbons (Fsp3) is 0. The molecule has 160 valence electrons. The average Bonchev–Trinajstić information content (AvgIpc) is 2.85. The molecule has 5 aromatic rings. The second-order valence-electron chi connectivity index (χ2n) is 7.50. The number of pyridine rings is 1. The normalized spacial score (nSPS) is 11.3. The topological polar surface area (TPSA) is 74.6 Å². The number of phenols is 1. The van der Waals surface area contributed by atoms with Gasteiger partial charge in [-0.1, -0.05) is 48.5 Å². The van der Waals surface area contributed by atoms with Gasteiger partial charge in [-0.15, -0.1) is 0 Å². The highest BCUT2D eigenvalue weighted by atomic mass is 19.1. The molecule has 0 unspecified atom stereocenters. The van der Waals surface area contributed by atoms with E-state index in [0.717, 1.165) is 10.8 Å². The monoisotopic (exact) mass is 435 g/mol. The van der Waals surface area contributed by atoms with Crippen LogP contribution in [-0.2, 0) is 0 Å². The molecule has 0 saturated carbocycles. The van der Waals surface area contributed by atoms with E-state index >= 15 is 0 Å². The van der Waals surface area contributed by atoms with Gasteiger partial charge in [-0.2, -0.15) is 5.10 Å². The Kier molecular flexibility index (Phi) is 5.24. The lowest BCUT2D eigenvalue weighted by Crippen LogP contribution is -2.18. The number of carbonyl (C=O) groups excluding carboxylic acids is 1. The zero-order valence-corrected chi connectivity index (χ0v) is 17.4. The van der Waals surface area contributed by atoms with Gasteiger partial charge in [-0.05, 0) is 53.2 Å². The van der Waals surface area contributed by atoms with E-state index in [2.05, 4.69) is 15.5 Å². The molecule has 0 bridgehead atoms. The summed E-state index contributed by atoms with van der Waals surface area (Å²) in [4.78, 5) is 17.7. The van der Waals surface area contributed by atoms with E-state index in [4.69, 9.17) is 0 Å². The minimum atomic E-state index is -0.423. The molecule has 6 heteroatoms. The van der Waals surface area contributed by atoms with Crippen LogP contribution in [0.25, 0.3) is 32.9 Å². The molecule has 5 rings (SSSR count). The zero-order valence-electron chi connectivity index (χ0n) is 17.4. The Bertz CT molecular complexity index is 1530. The molecule has 0 saturated heterocycles. The first kappa shape index (κ1) is 20.3. The second kappa shape index (κ2) is 8.51. The first-order chi connectivity index (χ1) is 16.1. The van der Waals surface area contributed by atoms with Gasteiger partial charge in [0.2, 0.25) is 0 Å². The molecule has 33 heavy (non-hydrogen) atoms. The molecule has 1 heterocycles. The van der Waals surface area contributed by atoms with Crippen LogP contribution in [0.5, 0.6) is 5.75 Å².